The van der Waals surface area contributed by atoms with Crippen LogP contribution in [0.15, 0.2) is 0 Å². The molecule has 0 N–H and O–H groups in total. The average Bonchev–Trinajstić information content (AvgIpc) is 2.73. The standard InChI is InChI=1S/C12H18O/c1-9-6-10(13)7-11-4-2-3-5-12(9,11)8-11/h9H,2-8H2,1H3. The minimum atomic E-state index is 0.514. The fourth-order valence-electron chi connectivity index (χ4n) is 4.41. The van der Waals surface area contributed by atoms with Gasteiger partial charge in [-0.2, -0.15) is 0 Å². The fourth-order valence-corrected chi connectivity index (χ4v) is 4.41. The number of carbonyl (C=O) groups is 1. The third-order valence-corrected chi connectivity index (χ3v) is 5.13. The number of hydrogen-bond donors (Lipinski definition) is 0. The summed E-state index contributed by atoms with van der Waals surface area (Å²) >= 11 is 0. The predicted octanol–water partition coefficient (Wildman–Crippen LogP) is 2.94. The van der Waals surface area contributed by atoms with Crippen LogP contribution in [0.2, 0.25) is 0 Å². The van der Waals surface area contributed by atoms with E-state index < -0.39 is 0 Å². The second kappa shape index (κ2) is 2.18. The molecule has 0 radical (unpaired) electrons. The maximum absolute atomic E-state index is 11.6. The summed E-state index contributed by atoms with van der Waals surface area (Å²) in [5.74, 6) is 1.23. The summed E-state index contributed by atoms with van der Waals surface area (Å²) in [5, 5.41) is 0. The average molecular weight is 178 g/mol. The lowest BCUT2D eigenvalue weighted by molar-refractivity contribution is -0.125. The lowest BCUT2D eigenvalue weighted by atomic mass is 9.66. The molecule has 0 aliphatic heterocycles. The lowest BCUT2D eigenvalue weighted by Crippen LogP contribution is -2.33. The molecule has 72 valence electrons. The summed E-state index contributed by atoms with van der Waals surface area (Å²) in [6.45, 7) is 2.31. The molecule has 3 aliphatic rings. The molecule has 0 aromatic carbocycles. The first-order valence-corrected chi connectivity index (χ1v) is 5.70. The minimum absolute atomic E-state index is 0.514. The zero-order chi connectivity index (χ0) is 9.10. The van der Waals surface area contributed by atoms with Crippen molar-refractivity contribution in [1.82, 2.24) is 0 Å². The summed E-state index contributed by atoms with van der Waals surface area (Å²) in [7, 11) is 0. The molecule has 0 spiro atoms. The predicted molar refractivity (Wildman–Crippen MR) is 51.4 cm³/mol. The molecule has 0 bridgehead atoms. The molecule has 1 heteroatoms. The molecule has 3 saturated carbocycles. The van der Waals surface area contributed by atoms with Gasteiger partial charge in [-0.15, -0.1) is 0 Å². The zero-order valence-electron chi connectivity index (χ0n) is 8.44. The Labute approximate surface area is 79.9 Å². The summed E-state index contributed by atoms with van der Waals surface area (Å²) < 4.78 is 0. The zero-order valence-corrected chi connectivity index (χ0v) is 8.44. The second-order valence-corrected chi connectivity index (χ2v) is 5.64. The Balaban J connectivity index is 1.95. The van der Waals surface area contributed by atoms with Crippen LogP contribution in [-0.2, 0) is 4.79 Å². The largest absolute Gasteiger partial charge is 0.300 e. The molecule has 1 nitrogen and oxygen atoms in total. The van der Waals surface area contributed by atoms with Crippen molar-refractivity contribution in [3.63, 3.8) is 0 Å². The van der Waals surface area contributed by atoms with Crippen LogP contribution < -0.4 is 0 Å². The summed E-state index contributed by atoms with van der Waals surface area (Å²) in [4.78, 5) is 11.6. The van der Waals surface area contributed by atoms with Crippen molar-refractivity contribution < 1.29 is 4.79 Å². The minimum Gasteiger partial charge on any atom is -0.300 e. The van der Waals surface area contributed by atoms with E-state index in [4.69, 9.17) is 0 Å². The molecular weight excluding hydrogens is 160 g/mol. The first kappa shape index (κ1) is 8.02. The molecule has 3 fully saturated rings. The Morgan fingerprint density at radius 2 is 2.08 bits per heavy atom. The van der Waals surface area contributed by atoms with E-state index >= 15 is 0 Å². The van der Waals surface area contributed by atoms with E-state index in [9.17, 15) is 4.79 Å². The number of ketones is 1. The Morgan fingerprint density at radius 3 is 2.92 bits per heavy atom. The molecule has 0 heterocycles. The van der Waals surface area contributed by atoms with Gasteiger partial charge in [-0.25, -0.2) is 0 Å². The van der Waals surface area contributed by atoms with Crippen molar-refractivity contribution in [3.05, 3.63) is 0 Å². The van der Waals surface area contributed by atoms with Gasteiger partial charge < -0.3 is 0 Å². The second-order valence-electron chi connectivity index (χ2n) is 5.64. The van der Waals surface area contributed by atoms with Crippen LogP contribution in [0.5, 0.6) is 0 Å². The van der Waals surface area contributed by atoms with Gasteiger partial charge in [-0.3, -0.25) is 4.79 Å². The maximum Gasteiger partial charge on any atom is 0.133 e. The van der Waals surface area contributed by atoms with Crippen LogP contribution >= 0.6 is 0 Å². The number of Topliss-reactive ketones (excluding diaryl/α,β-unsaturated/α-hetero) is 1. The van der Waals surface area contributed by atoms with Crippen LogP contribution in [0.1, 0.15) is 51.9 Å². The first-order valence-electron chi connectivity index (χ1n) is 5.70. The number of hydrogen-bond acceptors (Lipinski definition) is 1. The van der Waals surface area contributed by atoms with Gasteiger partial charge in [0.25, 0.3) is 0 Å². The SMILES string of the molecule is CC1CC(=O)CC23CCCCC12C3. The normalized spacial score (nSPS) is 53.9. The van der Waals surface area contributed by atoms with Crippen molar-refractivity contribution in [1.29, 1.82) is 0 Å². The van der Waals surface area contributed by atoms with E-state index in [0.717, 1.165) is 12.8 Å². The summed E-state index contributed by atoms with van der Waals surface area (Å²) in [6, 6.07) is 0. The molecule has 0 aromatic rings. The topological polar surface area (TPSA) is 17.1 Å². The van der Waals surface area contributed by atoms with Crippen LogP contribution in [-0.4, -0.2) is 5.78 Å². The van der Waals surface area contributed by atoms with Gasteiger partial charge in [0.2, 0.25) is 0 Å². The third kappa shape index (κ3) is 0.812. The van der Waals surface area contributed by atoms with Gasteiger partial charge in [0.15, 0.2) is 0 Å². The quantitative estimate of drug-likeness (QED) is 0.557. The van der Waals surface area contributed by atoms with Gasteiger partial charge in [0.1, 0.15) is 5.78 Å². The monoisotopic (exact) mass is 178 g/mol. The highest BCUT2D eigenvalue weighted by Crippen LogP contribution is 2.78. The van der Waals surface area contributed by atoms with E-state index in [0.29, 0.717) is 22.5 Å². The molecule has 3 rings (SSSR count). The van der Waals surface area contributed by atoms with Crippen LogP contribution in [0, 0.1) is 16.7 Å². The molecular formula is C12H18O. The smallest absolute Gasteiger partial charge is 0.133 e. The van der Waals surface area contributed by atoms with E-state index in [-0.39, 0.29) is 0 Å². The van der Waals surface area contributed by atoms with Gasteiger partial charge in [-0.05, 0) is 36.0 Å². The number of carbonyl (C=O) groups excluding carboxylic acids is 1. The van der Waals surface area contributed by atoms with Crippen molar-refractivity contribution in [2.24, 2.45) is 16.7 Å². The Kier molecular flexibility index (Phi) is 1.35. The van der Waals surface area contributed by atoms with Crippen LogP contribution in [0.25, 0.3) is 0 Å². The Bertz CT molecular complexity index is 270. The summed E-state index contributed by atoms with van der Waals surface area (Å²) in [6.07, 6.45) is 8.75. The fraction of sp³-hybridized carbons (Fsp3) is 0.917. The van der Waals surface area contributed by atoms with E-state index in [1.54, 1.807) is 0 Å². The molecule has 3 aliphatic carbocycles. The molecule has 0 aromatic heterocycles. The highest BCUT2D eigenvalue weighted by atomic mass is 16.1. The van der Waals surface area contributed by atoms with Crippen molar-refractivity contribution >= 4 is 5.78 Å². The van der Waals surface area contributed by atoms with Crippen molar-refractivity contribution in [2.75, 3.05) is 0 Å². The molecule has 0 amide bonds. The maximum atomic E-state index is 11.6. The van der Waals surface area contributed by atoms with E-state index in [1.807, 2.05) is 0 Å². The van der Waals surface area contributed by atoms with Crippen LogP contribution in [0.4, 0.5) is 0 Å². The van der Waals surface area contributed by atoms with Gasteiger partial charge in [0, 0.05) is 12.8 Å². The lowest BCUT2D eigenvalue weighted by Gasteiger charge is -2.38. The molecule has 13 heavy (non-hydrogen) atoms. The first-order chi connectivity index (χ1) is 6.19. The Hall–Kier alpha value is -0.330. The third-order valence-electron chi connectivity index (χ3n) is 5.13. The number of rotatable bonds is 0. The summed E-state index contributed by atoms with van der Waals surface area (Å²) in [5.41, 5.74) is 1.15. The van der Waals surface area contributed by atoms with Gasteiger partial charge >= 0.3 is 0 Å². The van der Waals surface area contributed by atoms with Crippen molar-refractivity contribution in [3.8, 4) is 0 Å². The Morgan fingerprint density at radius 1 is 1.31 bits per heavy atom. The molecule has 3 atom stereocenters. The molecule has 0 saturated heterocycles. The van der Waals surface area contributed by atoms with E-state index in [1.165, 1.54) is 32.1 Å². The highest BCUT2D eigenvalue weighted by molar-refractivity contribution is 5.81. The van der Waals surface area contributed by atoms with Gasteiger partial charge in [0.05, 0.1) is 0 Å². The molecule has 3 unspecified atom stereocenters. The van der Waals surface area contributed by atoms with Gasteiger partial charge in [-0.1, -0.05) is 19.8 Å². The van der Waals surface area contributed by atoms with E-state index in [2.05, 4.69) is 6.92 Å². The van der Waals surface area contributed by atoms with Crippen LogP contribution in [0.3, 0.4) is 0 Å². The highest BCUT2D eigenvalue weighted by Gasteiger charge is 2.71. The van der Waals surface area contributed by atoms with Crippen molar-refractivity contribution in [2.45, 2.75) is 51.9 Å².